The molecule has 1 heterocycles. The predicted octanol–water partition coefficient (Wildman–Crippen LogP) is 0.457. The summed E-state index contributed by atoms with van der Waals surface area (Å²) in [4.78, 5) is 22.0. The van der Waals surface area contributed by atoms with Crippen molar-refractivity contribution in [2.75, 3.05) is 0 Å². The number of aromatic hydroxyl groups is 1. The van der Waals surface area contributed by atoms with Crippen LogP contribution in [0.4, 0.5) is 0 Å². The highest BCUT2D eigenvalue weighted by atomic mass is 79.9. The van der Waals surface area contributed by atoms with Gasteiger partial charge in [-0.05, 0) is 29.8 Å². The Labute approximate surface area is 105 Å². The van der Waals surface area contributed by atoms with Crippen LogP contribution >= 0.6 is 15.9 Å². The Balaban J connectivity index is 0.000000557. The van der Waals surface area contributed by atoms with Crippen LogP contribution in [0.5, 0.6) is 5.75 Å². The summed E-state index contributed by atoms with van der Waals surface area (Å²) in [5, 5.41) is 15.5. The zero-order valence-corrected chi connectivity index (χ0v) is 10.8. The summed E-state index contributed by atoms with van der Waals surface area (Å²) in [6, 6.07) is 0. The van der Waals surface area contributed by atoms with Crippen LogP contribution in [0, 0.1) is 12.3 Å². The maximum absolute atomic E-state index is 11.1. The summed E-state index contributed by atoms with van der Waals surface area (Å²) in [6.45, 7) is 2.70. The highest BCUT2D eigenvalue weighted by Gasteiger charge is 2.18. The maximum atomic E-state index is 11.1. The van der Waals surface area contributed by atoms with Crippen LogP contribution in [-0.4, -0.2) is 16.8 Å². The lowest BCUT2D eigenvalue weighted by Crippen LogP contribution is -2.20. The van der Waals surface area contributed by atoms with Crippen molar-refractivity contribution < 1.29 is 14.3 Å². The highest BCUT2D eigenvalue weighted by Crippen LogP contribution is 2.28. The summed E-state index contributed by atoms with van der Waals surface area (Å²) in [6.07, 6.45) is 0. The first-order valence-corrected chi connectivity index (χ1v) is 5.10. The van der Waals surface area contributed by atoms with Gasteiger partial charge in [0.05, 0.1) is 4.47 Å². The summed E-state index contributed by atoms with van der Waals surface area (Å²) in [5.74, 6) is -0.972. The first-order chi connectivity index (χ1) is 7.68. The van der Waals surface area contributed by atoms with Crippen molar-refractivity contribution in [3.63, 3.8) is 0 Å². The van der Waals surface area contributed by atoms with Crippen LogP contribution in [0.1, 0.15) is 23.0 Å². The molecule has 0 amide bonds. The summed E-state index contributed by atoms with van der Waals surface area (Å²) in [7, 11) is 0. The highest BCUT2D eigenvalue weighted by molar-refractivity contribution is 9.10. The second-order valence-corrected chi connectivity index (χ2v) is 3.79. The lowest BCUT2D eigenvalue weighted by molar-refractivity contribution is 0.101. The third kappa shape index (κ3) is 4.27. The lowest BCUT2D eigenvalue weighted by atomic mass is 10.2. The Morgan fingerprint density at radius 1 is 1.47 bits per heavy atom. The molecule has 94 valence electrons. The van der Waals surface area contributed by atoms with Crippen molar-refractivity contribution in [3.05, 3.63) is 26.2 Å². The number of Topliss-reactive ketones (excluding diaryl/α,β-unsaturated/α-hetero) is 1. The third-order valence-electron chi connectivity index (χ3n) is 1.56. The molecule has 0 aromatic carbocycles. The van der Waals surface area contributed by atoms with E-state index in [4.69, 9.17) is 9.83 Å². The van der Waals surface area contributed by atoms with Crippen molar-refractivity contribution in [1.82, 2.24) is 0 Å². The zero-order valence-electron chi connectivity index (χ0n) is 9.20. The van der Waals surface area contributed by atoms with Crippen LogP contribution in [0.3, 0.4) is 0 Å². The second-order valence-electron chi connectivity index (χ2n) is 2.99. The first-order valence-electron chi connectivity index (χ1n) is 4.31. The average molecular weight is 306 g/mol. The van der Waals surface area contributed by atoms with Gasteiger partial charge in [-0.25, -0.2) is 4.79 Å². The van der Waals surface area contributed by atoms with E-state index in [-0.39, 0.29) is 27.5 Å². The average Bonchev–Trinajstić information content (AvgIpc) is 2.12. The van der Waals surface area contributed by atoms with E-state index in [0.29, 0.717) is 0 Å². The smallest absolute Gasteiger partial charge is 0.350 e. The van der Waals surface area contributed by atoms with E-state index in [2.05, 4.69) is 27.4 Å². The number of carbonyl (C=O) groups excluding carboxylic acids is 1. The largest absolute Gasteiger partial charge is 0.506 e. The lowest BCUT2D eigenvalue weighted by Gasteiger charge is -2.02. The Morgan fingerprint density at radius 2 is 1.88 bits per heavy atom. The van der Waals surface area contributed by atoms with Gasteiger partial charge < -0.3 is 21.0 Å². The van der Waals surface area contributed by atoms with Crippen molar-refractivity contribution in [3.8, 4) is 5.75 Å². The van der Waals surface area contributed by atoms with Gasteiger partial charge >= 0.3 is 5.63 Å². The van der Waals surface area contributed by atoms with Gasteiger partial charge in [0.1, 0.15) is 11.3 Å². The molecule has 0 unspecified atom stereocenters. The molecular weight excluding hydrogens is 294 g/mol. The number of halogens is 1. The van der Waals surface area contributed by atoms with Gasteiger partial charge in [-0.1, -0.05) is 0 Å². The van der Waals surface area contributed by atoms with E-state index in [9.17, 15) is 14.7 Å². The summed E-state index contributed by atoms with van der Waals surface area (Å²) >= 11 is 3.00. The monoisotopic (exact) mass is 305 g/mol. The molecule has 0 aliphatic rings. The molecule has 6 N–H and O–H groups in total. The molecule has 1 aromatic heterocycles. The molecule has 0 fully saturated rings. The van der Waals surface area contributed by atoms with E-state index in [1.807, 2.05) is 0 Å². The standard InChI is InChI=1S/C8H7BrO4.CH5N3/c1-3(10)5-7(11)6(9)4(2)13-8(5)12;2-1(3)4/h11H,1-2H3;(H5,2,3,4). The molecule has 7 nitrogen and oxygen atoms in total. The Kier molecular flexibility index (Phi) is 5.39. The topological polar surface area (TPSA) is 143 Å². The van der Waals surface area contributed by atoms with E-state index < -0.39 is 11.4 Å². The fraction of sp³-hybridized carbons (Fsp3) is 0.222. The van der Waals surface area contributed by atoms with E-state index in [1.54, 1.807) is 0 Å². The summed E-state index contributed by atoms with van der Waals surface area (Å²) < 4.78 is 4.93. The molecule has 0 aliphatic heterocycles. The van der Waals surface area contributed by atoms with Crippen molar-refractivity contribution in [1.29, 1.82) is 5.41 Å². The number of aryl methyl sites for hydroxylation is 1. The van der Waals surface area contributed by atoms with E-state index in [1.165, 1.54) is 13.8 Å². The van der Waals surface area contributed by atoms with Crippen LogP contribution < -0.4 is 17.1 Å². The van der Waals surface area contributed by atoms with Gasteiger partial charge in [0, 0.05) is 0 Å². The van der Waals surface area contributed by atoms with Gasteiger partial charge in [0.2, 0.25) is 0 Å². The number of ketones is 1. The third-order valence-corrected chi connectivity index (χ3v) is 2.49. The van der Waals surface area contributed by atoms with Crippen LogP contribution in [0.2, 0.25) is 0 Å². The molecule has 0 saturated carbocycles. The molecule has 17 heavy (non-hydrogen) atoms. The Bertz CT molecular complexity index is 506. The number of nitrogens with two attached hydrogens (primary N) is 2. The Morgan fingerprint density at radius 3 is 2.24 bits per heavy atom. The van der Waals surface area contributed by atoms with Gasteiger partial charge in [0.25, 0.3) is 0 Å². The molecule has 0 saturated heterocycles. The predicted molar refractivity (Wildman–Crippen MR) is 65.2 cm³/mol. The van der Waals surface area contributed by atoms with Gasteiger partial charge in [-0.15, -0.1) is 0 Å². The SMILES string of the molecule is CC(=O)c1c(O)c(Br)c(C)oc1=O.N=C(N)N. The first kappa shape index (κ1) is 15.2. The van der Waals surface area contributed by atoms with Crippen LogP contribution in [0.25, 0.3) is 0 Å². The van der Waals surface area contributed by atoms with Crippen molar-refractivity contribution in [2.24, 2.45) is 11.5 Å². The van der Waals surface area contributed by atoms with Crippen LogP contribution in [-0.2, 0) is 0 Å². The molecular formula is C9H12BrN3O4. The number of rotatable bonds is 1. The zero-order chi connectivity index (χ0) is 13.7. The number of guanidine groups is 1. The molecule has 0 radical (unpaired) electrons. The molecule has 0 aliphatic carbocycles. The molecule has 8 heteroatoms. The molecule has 1 rings (SSSR count). The van der Waals surface area contributed by atoms with Gasteiger partial charge in [0.15, 0.2) is 17.5 Å². The van der Waals surface area contributed by atoms with Gasteiger partial charge in [-0.2, -0.15) is 0 Å². The number of hydrogen-bond donors (Lipinski definition) is 4. The molecule has 0 spiro atoms. The number of nitrogens with one attached hydrogen (secondary N) is 1. The fourth-order valence-electron chi connectivity index (χ4n) is 0.919. The minimum Gasteiger partial charge on any atom is -0.506 e. The minimum atomic E-state index is -0.814. The second kappa shape index (κ2) is 6.04. The van der Waals surface area contributed by atoms with E-state index >= 15 is 0 Å². The summed E-state index contributed by atoms with van der Waals surface area (Å²) in [5.41, 5.74) is 7.81. The molecule has 0 atom stereocenters. The quantitative estimate of drug-likeness (QED) is 0.337. The van der Waals surface area contributed by atoms with Gasteiger partial charge in [-0.3, -0.25) is 10.2 Å². The number of carbonyl (C=O) groups is 1. The normalized spacial score (nSPS) is 9.12. The fourth-order valence-corrected chi connectivity index (χ4v) is 1.20. The van der Waals surface area contributed by atoms with Crippen molar-refractivity contribution >= 4 is 27.7 Å². The van der Waals surface area contributed by atoms with Crippen LogP contribution in [0.15, 0.2) is 13.7 Å². The minimum absolute atomic E-state index is 0.234. The molecule has 1 aromatic rings. The van der Waals surface area contributed by atoms with E-state index in [0.717, 1.165) is 0 Å². The Hall–Kier alpha value is -1.83. The van der Waals surface area contributed by atoms with Crippen molar-refractivity contribution in [2.45, 2.75) is 13.8 Å². The maximum Gasteiger partial charge on any atom is 0.350 e. The number of hydrogen-bond acceptors (Lipinski definition) is 5. The molecule has 0 bridgehead atoms.